The maximum Gasteiger partial charge on any atom is 0.309 e. The van der Waals surface area contributed by atoms with Gasteiger partial charge >= 0.3 is 11.9 Å². The van der Waals surface area contributed by atoms with Crippen LogP contribution in [0.15, 0.2) is 60.8 Å². The Kier molecular flexibility index (Phi) is 33.2. The van der Waals surface area contributed by atoms with Crippen LogP contribution >= 0.6 is 0 Å². The fourth-order valence-electron chi connectivity index (χ4n) is 5.14. The van der Waals surface area contributed by atoms with Gasteiger partial charge in [-0.15, -0.1) is 0 Å². The van der Waals surface area contributed by atoms with Crippen molar-refractivity contribution in [2.75, 3.05) is 0 Å². The van der Waals surface area contributed by atoms with E-state index in [0.717, 1.165) is 83.5 Å². The summed E-state index contributed by atoms with van der Waals surface area (Å²) in [4.78, 5) is 23.2. The molecule has 0 saturated heterocycles. The van der Waals surface area contributed by atoms with Crippen molar-refractivity contribution < 1.29 is 19.4 Å². The van der Waals surface area contributed by atoms with E-state index in [9.17, 15) is 9.59 Å². The Balaban J connectivity index is 4.24. The summed E-state index contributed by atoms with van der Waals surface area (Å²) in [7, 11) is 0. The minimum Gasteiger partial charge on any atom is -0.481 e. The lowest BCUT2D eigenvalue weighted by molar-refractivity contribution is -0.148. The van der Waals surface area contributed by atoms with Crippen molar-refractivity contribution in [1.29, 1.82) is 0 Å². The van der Waals surface area contributed by atoms with Crippen molar-refractivity contribution >= 4 is 11.9 Å². The monoisotopic (exact) mass is 613 g/mol. The molecule has 1 unspecified atom stereocenters. The van der Waals surface area contributed by atoms with E-state index in [1.807, 2.05) is 12.2 Å². The summed E-state index contributed by atoms with van der Waals surface area (Å²) in [6, 6.07) is 0. The van der Waals surface area contributed by atoms with E-state index in [1.54, 1.807) is 0 Å². The number of ether oxygens (including phenoxy) is 1. The number of carbonyl (C=O) groups is 2. The second-order valence-electron chi connectivity index (χ2n) is 12.0. The SMILES string of the molecule is CC/C=C\C/C=C\C/C=C\C/C=C\C/C=C\CC(=O)OC(CCCCCCCCCCCCC)CCCCCCCC(=O)O. The van der Waals surface area contributed by atoms with Gasteiger partial charge in [-0.25, -0.2) is 0 Å². The Hall–Kier alpha value is -2.36. The Morgan fingerprint density at radius 1 is 0.523 bits per heavy atom. The van der Waals surface area contributed by atoms with E-state index in [1.165, 1.54) is 64.2 Å². The minimum absolute atomic E-state index is 0.00261. The van der Waals surface area contributed by atoms with Gasteiger partial charge < -0.3 is 9.84 Å². The molecule has 1 N–H and O–H groups in total. The lowest BCUT2D eigenvalue weighted by atomic mass is 10.0. The number of carboxylic acid groups (broad SMARTS) is 1. The molecule has 1 atom stereocenters. The molecule has 0 spiro atoms. The predicted octanol–water partition coefficient (Wildman–Crippen LogP) is 12.6. The summed E-state index contributed by atoms with van der Waals surface area (Å²) in [5.74, 6) is -0.836. The highest BCUT2D eigenvalue weighted by Crippen LogP contribution is 2.18. The number of rotatable bonds is 32. The lowest BCUT2D eigenvalue weighted by Crippen LogP contribution is -2.18. The van der Waals surface area contributed by atoms with Crippen LogP contribution < -0.4 is 0 Å². The average Bonchev–Trinajstić information content (AvgIpc) is 3.00. The number of allylic oxidation sites excluding steroid dienone is 9. The van der Waals surface area contributed by atoms with Crippen molar-refractivity contribution in [3.8, 4) is 0 Å². The van der Waals surface area contributed by atoms with Crippen LogP contribution in [0.2, 0.25) is 0 Å². The highest BCUT2D eigenvalue weighted by molar-refractivity contribution is 5.71. The van der Waals surface area contributed by atoms with Crippen LogP contribution in [0.1, 0.15) is 174 Å². The molecule has 0 radical (unpaired) electrons. The van der Waals surface area contributed by atoms with Crippen molar-refractivity contribution in [1.82, 2.24) is 0 Å². The Morgan fingerprint density at radius 3 is 1.34 bits per heavy atom. The van der Waals surface area contributed by atoms with Gasteiger partial charge in [0.1, 0.15) is 6.10 Å². The first-order valence-electron chi connectivity index (χ1n) is 18.3. The molecule has 0 aromatic heterocycles. The van der Waals surface area contributed by atoms with Crippen molar-refractivity contribution in [2.24, 2.45) is 0 Å². The number of hydrogen-bond acceptors (Lipinski definition) is 3. The fraction of sp³-hybridized carbons (Fsp3) is 0.700. The third-order valence-corrected chi connectivity index (χ3v) is 7.79. The summed E-state index contributed by atoms with van der Waals surface area (Å²) >= 11 is 0. The Labute approximate surface area is 272 Å². The molecule has 44 heavy (non-hydrogen) atoms. The first-order valence-corrected chi connectivity index (χ1v) is 18.3. The molecule has 0 aromatic carbocycles. The average molecular weight is 613 g/mol. The van der Waals surface area contributed by atoms with Crippen LogP contribution in [0.25, 0.3) is 0 Å². The van der Waals surface area contributed by atoms with Gasteiger partial charge in [0.2, 0.25) is 0 Å². The van der Waals surface area contributed by atoms with Crippen LogP contribution in [0.3, 0.4) is 0 Å². The molecule has 0 rings (SSSR count). The predicted molar refractivity (Wildman–Crippen MR) is 190 cm³/mol. The Bertz CT molecular complexity index is 789. The molecule has 0 aromatic rings. The molecule has 4 nitrogen and oxygen atoms in total. The number of carboxylic acids is 1. The maximum atomic E-state index is 12.6. The van der Waals surface area contributed by atoms with Crippen LogP contribution in [-0.2, 0) is 14.3 Å². The van der Waals surface area contributed by atoms with E-state index in [4.69, 9.17) is 9.84 Å². The first-order chi connectivity index (χ1) is 21.6. The molecule has 0 heterocycles. The van der Waals surface area contributed by atoms with E-state index >= 15 is 0 Å². The standard InChI is InChI=1S/C40H68O4/c1-3-5-7-9-11-13-15-16-17-18-20-22-24-29-33-37-40(43)44-38(35-31-27-25-28-32-36-39(41)42)34-30-26-23-21-19-14-12-10-8-6-4-2/h5,7,11,13,16-17,20,22,29,33,38H,3-4,6,8-10,12,14-15,18-19,21,23-28,30-32,34-37H2,1-2H3,(H,41,42)/b7-5-,13-11-,17-16-,22-20-,33-29-. The second kappa shape index (κ2) is 35.1. The topological polar surface area (TPSA) is 63.6 Å². The zero-order valence-corrected chi connectivity index (χ0v) is 28.7. The molecule has 0 aliphatic rings. The summed E-state index contributed by atoms with van der Waals surface area (Å²) in [6.45, 7) is 4.42. The molecular formula is C40H68O4. The molecule has 0 bridgehead atoms. The fourth-order valence-corrected chi connectivity index (χ4v) is 5.14. The highest BCUT2D eigenvalue weighted by atomic mass is 16.5. The van der Waals surface area contributed by atoms with Crippen molar-refractivity contribution in [3.05, 3.63) is 60.8 Å². The molecule has 252 valence electrons. The number of esters is 1. The van der Waals surface area contributed by atoms with Gasteiger partial charge in [-0.3, -0.25) is 9.59 Å². The summed E-state index contributed by atoms with van der Waals surface area (Å²) in [5.41, 5.74) is 0. The van der Waals surface area contributed by atoms with Crippen LogP contribution in [0.5, 0.6) is 0 Å². The normalized spacial score (nSPS) is 13.0. The van der Waals surface area contributed by atoms with Crippen molar-refractivity contribution in [3.63, 3.8) is 0 Å². The van der Waals surface area contributed by atoms with Gasteiger partial charge in [0, 0.05) is 6.42 Å². The zero-order chi connectivity index (χ0) is 32.2. The quantitative estimate of drug-likeness (QED) is 0.0466. The van der Waals surface area contributed by atoms with Crippen molar-refractivity contribution in [2.45, 2.75) is 180 Å². The van der Waals surface area contributed by atoms with Gasteiger partial charge in [-0.2, -0.15) is 0 Å². The van der Waals surface area contributed by atoms with E-state index < -0.39 is 5.97 Å². The molecule has 4 heteroatoms. The van der Waals surface area contributed by atoms with Crippen LogP contribution in [-0.4, -0.2) is 23.1 Å². The molecule has 0 aliphatic carbocycles. The van der Waals surface area contributed by atoms with Gasteiger partial charge in [-0.05, 0) is 64.2 Å². The zero-order valence-electron chi connectivity index (χ0n) is 28.7. The third-order valence-electron chi connectivity index (χ3n) is 7.79. The third kappa shape index (κ3) is 34.1. The largest absolute Gasteiger partial charge is 0.481 e. The maximum absolute atomic E-state index is 12.6. The molecule has 0 amide bonds. The van der Waals surface area contributed by atoms with Gasteiger partial charge in [0.25, 0.3) is 0 Å². The second-order valence-corrected chi connectivity index (χ2v) is 12.0. The summed E-state index contributed by atoms with van der Waals surface area (Å²) in [6.07, 6.45) is 48.1. The number of carbonyl (C=O) groups excluding carboxylic acids is 1. The van der Waals surface area contributed by atoms with Gasteiger partial charge in [0.15, 0.2) is 0 Å². The highest BCUT2D eigenvalue weighted by Gasteiger charge is 2.13. The summed E-state index contributed by atoms with van der Waals surface area (Å²) < 4.78 is 5.92. The van der Waals surface area contributed by atoms with Crippen LogP contribution in [0.4, 0.5) is 0 Å². The smallest absolute Gasteiger partial charge is 0.309 e. The Morgan fingerprint density at radius 2 is 0.909 bits per heavy atom. The van der Waals surface area contributed by atoms with Gasteiger partial charge in [0.05, 0.1) is 6.42 Å². The lowest BCUT2D eigenvalue weighted by Gasteiger charge is -2.18. The van der Waals surface area contributed by atoms with Gasteiger partial charge in [-0.1, -0.05) is 158 Å². The molecule has 0 fully saturated rings. The number of unbranched alkanes of at least 4 members (excludes halogenated alkanes) is 14. The van der Waals surface area contributed by atoms with E-state index in [-0.39, 0.29) is 18.5 Å². The molecule has 0 aliphatic heterocycles. The number of hydrogen-bond donors (Lipinski definition) is 1. The number of aliphatic carboxylic acids is 1. The molecular weight excluding hydrogens is 544 g/mol. The molecule has 0 saturated carbocycles. The van der Waals surface area contributed by atoms with Crippen LogP contribution in [0, 0.1) is 0 Å². The van der Waals surface area contributed by atoms with E-state index in [0.29, 0.717) is 6.42 Å². The van der Waals surface area contributed by atoms with E-state index in [2.05, 4.69) is 62.5 Å². The summed E-state index contributed by atoms with van der Waals surface area (Å²) in [5, 5.41) is 8.80. The minimum atomic E-state index is -0.712. The first kappa shape index (κ1) is 41.6.